The van der Waals surface area contributed by atoms with E-state index in [2.05, 4.69) is 20.5 Å². The molecule has 21 heavy (non-hydrogen) atoms. The van der Waals surface area contributed by atoms with E-state index < -0.39 is 0 Å². The summed E-state index contributed by atoms with van der Waals surface area (Å²) in [6.45, 7) is 0. The zero-order valence-electron chi connectivity index (χ0n) is 11.3. The molecular formula is C15H13FN4O. The molecule has 0 unspecified atom stereocenters. The number of H-pyrrole nitrogens is 1. The number of nitrogens with zero attached hydrogens (tertiary/aromatic N) is 2. The highest BCUT2D eigenvalue weighted by molar-refractivity contribution is 5.69. The minimum atomic E-state index is -0.315. The minimum Gasteiger partial charge on any atom is -0.494 e. The Balaban J connectivity index is 2.01. The fourth-order valence-electron chi connectivity index (χ4n) is 1.99. The Labute approximate surface area is 120 Å². The summed E-state index contributed by atoms with van der Waals surface area (Å²) >= 11 is 0. The lowest BCUT2D eigenvalue weighted by atomic mass is 10.1. The van der Waals surface area contributed by atoms with Crippen molar-refractivity contribution in [2.75, 3.05) is 12.4 Å². The standard InChI is InChI=1S/C15H13FN4O/c1-21-13-5-6-14(19-12-8-17-18-9-12)20-15(13)10-3-2-4-11(16)7-10/h2-9H,1H3,(H,17,18)(H,19,20). The van der Waals surface area contributed by atoms with Gasteiger partial charge in [0.15, 0.2) is 0 Å². The zero-order valence-corrected chi connectivity index (χ0v) is 11.3. The van der Waals surface area contributed by atoms with E-state index in [4.69, 9.17) is 4.74 Å². The molecule has 0 saturated heterocycles. The molecule has 0 bridgehead atoms. The SMILES string of the molecule is COc1ccc(Nc2cn[nH]c2)nc1-c1cccc(F)c1. The Morgan fingerprint density at radius 3 is 2.86 bits per heavy atom. The van der Waals surface area contributed by atoms with Crippen LogP contribution in [0, 0.1) is 5.82 Å². The van der Waals surface area contributed by atoms with Gasteiger partial charge in [0.2, 0.25) is 0 Å². The summed E-state index contributed by atoms with van der Waals surface area (Å²) in [6.07, 6.45) is 3.36. The topological polar surface area (TPSA) is 62.8 Å². The van der Waals surface area contributed by atoms with E-state index in [1.165, 1.54) is 12.1 Å². The Kier molecular flexibility index (Phi) is 3.51. The first-order chi connectivity index (χ1) is 10.3. The third kappa shape index (κ3) is 2.84. The van der Waals surface area contributed by atoms with Gasteiger partial charge in [-0.2, -0.15) is 5.10 Å². The molecule has 0 saturated carbocycles. The molecule has 3 rings (SSSR count). The lowest BCUT2D eigenvalue weighted by Gasteiger charge is -2.10. The van der Waals surface area contributed by atoms with E-state index in [0.29, 0.717) is 22.8 Å². The Bertz CT molecular complexity index is 743. The highest BCUT2D eigenvalue weighted by atomic mass is 19.1. The van der Waals surface area contributed by atoms with Gasteiger partial charge in [-0.3, -0.25) is 5.10 Å². The van der Waals surface area contributed by atoms with Gasteiger partial charge < -0.3 is 10.1 Å². The molecule has 0 atom stereocenters. The summed E-state index contributed by atoms with van der Waals surface area (Å²) < 4.78 is 18.7. The number of pyridine rings is 1. The average Bonchev–Trinajstić information content (AvgIpc) is 3.00. The normalized spacial score (nSPS) is 10.4. The smallest absolute Gasteiger partial charge is 0.145 e. The zero-order chi connectivity index (χ0) is 14.7. The van der Waals surface area contributed by atoms with Crippen LogP contribution in [-0.2, 0) is 0 Å². The van der Waals surface area contributed by atoms with Crippen LogP contribution in [0.2, 0.25) is 0 Å². The summed E-state index contributed by atoms with van der Waals surface area (Å²) in [5.74, 6) is 0.888. The maximum atomic E-state index is 13.4. The highest BCUT2D eigenvalue weighted by Gasteiger charge is 2.10. The van der Waals surface area contributed by atoms with Crippen molar-refractivity contribution in [1.82, 2.24) is 15.2 Å². The van der Waals surface area contributed by atoms with Crippen LogP contribution in [0.15, 0.2) is 48.8 Å². The van der Waals surface area contributed by atoms with Crippen molar-refractivity contribution in [3.63, 3.8) is 0 Å². The van der Waals surface area contributed by atoms with Crippen LogP contribution < -0.4 is 10.1 Å². The van der Waals surface area contributed by atoms with Gasteiger partial charge in [0.25, 0.3) is 0 Å². The first kappa shape index (κ1) is 13.1. The number of halogens is 1. The van der Waals surface area contributed by atoms with Gasteiger partial charge in [0.1, 0.15) is 23.1 Å². The molecule has 0 fully saturated rings. The summed E-state index contributed by atoms with van der Waals surface area (Å²) in [7, 11) is 1.56. The van der Waals surface area contributed by atoms with Gasteiger partial charge in [-0.1, -0.05) is 12.1 Å². The van der Waals surface area contributed by atoms with E-state index in [1.54, 1.807) is 43.8 Å². The van der Waals surface area contributed by atoms with Crippen molar-refractivity contribution >= 4 is 11.5 Å². The van der Waals surface area contributed by atoms with Crippen molar-refractivity contribution < 1.29 is 9.13 Å². The number of aromatic nitrogens is 3. The third-order valence-electron chi connectivity index (χ3n) is 2.95. The quantitative estimate of drug-likeness (QED) is 0.771. The number of hydrogen-bond acceptors (Lipinski definition) is 4. The third-order valence-corrected chi connectivity index (χ3v) is 2.95. The molecule has 2 N–H and O–H groups in total. The number of ether oxygens (including phenoxy) is 1. The van der Waals surface area contributed by atoms with Crippen LogP contribution in [0.1, 0.15) is 0 Å². The summed E-state index contributed by atoms with van der Waals surface area (Å²) in [5.41, 5.74) is 2.02. The average molecular weight is 284 g/mol. The van der Waals surface area contributed by atoms with Crippen LogP contribution in [0.3, 0.4) is 0 Å². The second-order valence-electron chi connectivity index (χ2n) is 4.37. The molecular weight excluding hydrogens is 271 g/mol. The Morgan fingerprint density at radius 2 is 2.14 bits per heavy atom. The molecule has 2 heterocycles. The number of hydrogen-bond donors (Lipinski definition) is 2. The molecule has 0 aliphatic rings. The number of nitrogens with one attached hydrogen (secondary N) is 2. The molecule has 0 radical (unpaired) electrons. The van der Waals surface area contributed by atoms with E-state index in [-0.39, 0.29) is 5.82 Å². The fourth-order valence-corrected chi connectivity index (χ4v) is 1.99. The fraction of sp³-hybridized carbons (Fsp3) is 0.0667. The van der Waals surface area contributed by atoms with Crippen molar-refractivity contribution in [1.29, 1.82) is 0 Å². The van der Waals surface area contributed by atoms with E-state index in [1.807, 2.05) is 0 Å². The number of methoxy groups -OCH3 is 1. The molecule has 0 amide bonds. The number of anilines is 2. The van der Waals surface area contributed by atoms with Gasteiger partial charge in [0.05, 0.1) is 19.0 Å². The van der Waals surface area contributed by atoms with Gasteiger partial charge >= 0.3 is 0 Å². The lowest BCUT2D eigenvalue weighted by Crippen LogP contribution is -1.97. The van der Waals surface area contributed by atoms with Gasteiger partial charge in [-0.05, 0) is 24.3 Å². The lowest BCUT2D eigenvalue weighted by molar-refractivity contribution is 0.415. The molecule has 2 aromatic heterocycles. The molecule has 3 aromatic rings. The Morgan fingerprint density at radius 1 is 1.24 bits per heavy atom. The first-order valence-electron chi connectivity index (χ1n) is 6.33. The van der Waals surface area contributed by atoms with Gasteiger partial charge in [0, 0.05) is 11.8 Å². The van der Waals surface area contributed by atoms with Crippen LogP contribution in [0.4, 0.5) is 15.9 Å². The molecule has 106 valence electrons. The van der Waals surface area contributed by atoms with Crippen molar-refractivity contribution in [3.8, 4) is 17.0 Å². The van der Waals surface area contributed by atoms with E-state index >= 15 is 0 Å². The maximum absolute atomic E-state index is 13.4. The monoisotopic (exact) mass is 284 g/mol. The second kappa shape index (κ2) is 5.62. The molecule has 1 aromatic carbocycles. The predicted octanol–water partition coefficient (Wildman–Crippen LogP) is 3.36. The van der Waals surface area contributed by atoms with Crippen molar-refractivity contribution in [3.05, 3.63) is 54.6 Å². The molecule has 0 aliphatic carbocycles. The first-order valence-corrected chi connectivity index (χ1v) is 6.33. The molecule has 0 aliphatic heterocycles. The van der Waals surface area contributed by atoms with E-state index in [9.17, 15) is 4.39 Å². The number of benzene rings is 1. The largest absolute Gasteiger partial charge is 0.494 e. The van der Waals surface area contributed by atoms with Gasteiger partial charge in [-0.25, -0.2) is 9.37 Å². The predicted molar refractivity (Wildman–Crippen MR) is 78.1 cm³/mol. The number of rotatable bonds is 4. The maximum Gasteiger partial charge on any atom is 0.145 e. The Hall–Kier alpha value is -2.89. The van der Waals surface area contributed by atoms with Gasteiger partial charge in [-0.15, -0.1) is 0 Å². The molecule has 6 heteroatoms. The summed E-state index contributed by atoms with van der Waals surface area (Å²) in [6, 6.07) is 9.82. The molecule has 0 spiro atoms. The second-order valence-corrected chi connectivity index (χ2v) is 4.37. The van der Waals surface area contributed by atoms with E-state index in [0.717, 1.165) is 5.69 Å². The van der Waals surface area contributed by atoms with Crippen LogP contribution in [-0.4, -0.2) is 22.3 Å². The number of aromatic amines is 1. The van der Waals surface area contributed by atoms with Crippen LogP contribution in [0.5, 0.6) is 5.75 Å². The molecule has 5 nitrogen and oxygen atoms in total. The van der Waals surface area contributed by atoms with Crippen LogP contribution >= 0.6 is 0 Å². The highest BCUT2D eigenvalue weighted by Crippen LogP contribution is 2.30. The van der Waals surface area contributed by atoms with Crippen molar-refractivity contribution in [2.24, 2.45) is 0 Å². The minimum absolute atomic E-state index is 0.315. The van der Waals surface area contributed by atoms with Crippen LogP contribution in [0.25, 0.3) is 11.3 Å². The van der Waals surface area contributed by atoms with Crippen molar-refractivity contribution in [2.45, 2.75) is 0 Å². The summed E-state index contributed by atoms with van der Waals surface area (Å²) in [5, 5.41) is 9.67. The summed E-state index contributed by atoms with van der Waals surface area (Å²) in [4.78, 5) is 4.49.